The highest BCUT2D eigenvalue weighted by Crippen LogP contribution is 2.56. The number of rotatable bonds is 6. The van der Waals surface area contributed by atoms with Gasteiger partial charge in [-0.3, -0.25) is 0 Å². The van der Waals surface area contributed by atoms with E-state index in [1.54, 1.807) is 32.1 Å². The van der Waals surface area contributed by atoms with Gasteiger partial charge in [0.05, 0.1) is 0 Å². The fourth-order valence-corrected chi connectivity index (χ4v) is 5.32. The van der Waals surface area contributed by atoms with Crippen molar-refractivity contribution in [3.05, 3.63) is 0 Å². The van der Waals surface area contributed by atoms with Crippen molar-refractivity contribution in [3.8, 4) is 0 Å². The van der Waals surface area contributed by atoms with Crippen LogP contribution in [0.1, 0.15) is 59.3 Å². The fourth-order valence-electron chi connectivity index (χ4n) is 5.32. The van der Waals surface area contributed by atoms with Crippen LogP contribution < -0.4 is 10.6 Å². The molecule has 20 heavy (non-hydrogen) atoms. The van der Waals surface area contributed by atoms with E-state index < -0.39 is 0 Å². The number of nitrogens with one attached hydrogen (secondary N) is 2. The zero-order valence-electron chi connectivity index (χ0n) is 13.8. The summed E-state index contributed by atoms with van der Waals surface area (Å²) in [4.78, 5) is 0. The van der Waals surface area contributed by atoms with E-state index in [1.165, 1.54) is 19.5 Å². The fraction of sp³-hybridized carbons (Fsp3) is 1.00. The maximum Gasteiger partial charge on any atom is 0.00965 e. The van der Waals surface area contributed by atoms with Crippen molar-refractivity contribution in [1.29, 1.82) is 0 Å². The molecule has 4 saturated carbocycles. The number of hydrogen-bond acceptors (Lipinski definition) is 2. The van der Waals surface area contributed by atoms with Crippen LogP contribution in [0.5, 0.6) is 0 Å². The highest BCUT2D eigenvalue weighted by atomic mass is 14.9. The molecule has 116 valence electrons. The first-order valence-corrected chi connectivity index (χ1v) is 8.97. The first-order valence-electron chi connectivity index (χ1n) is 8.97. The molecule has 0 saturated heterocycles. The van der Waals surface area contributed by atoms with Crippen molar-refractivity contribution in [2.24, 2.45) is 29.6 Å². The van der Waals surface area contributed by atoms with E-state index in [-0.39, 0.29) is 5.54 Å². The van der Waals surface area contributed by atoms with Crippen molar-refractivity contribution in [2.45, 2.75) is 64.8 Å². The van der Waals surface area contributed by atoms with E-state index in [0.717, 1.165) is 36.1 Å². The Kier molecular flexibility index (Phi) is 4.42. The Morgan fingerprint density at radius 3 is 2.00 bits per heavy atom. The molecule has 0 amide bonds. The molecule has 0 spiro atoms. The lowest BCUT2D eigenvalue weighted by atomic mass is 9.52. The Hall–Kier alpha value is -0.0800. The van der Waals surface area contributed by atoms with E-state index in [2.05, 4.69) is 31.4 Å². The Labute approximate surface area is 125 Å². The maximum atomic E-state index is 3.76. The van der Waals surface area contributed by atoms with Crippen LogP contribution in [-0.4, -0.2) is 25.2 Å². The third-order valence-electron chi connectivity index (χ3n) is 5.99. The minimum absolute atomic E-state index is 0.265. The first kappa shape index (κ1) is 14.8. The van der Waals surface area contributed by atoms with Crippen LogP contribution in [-0.2, 0) is 0 Å². The molecule has 0 unspecified atom stereocenters. The second kappa shape index (κ2) is 5.96. The summed E-state index contributed by atoms with van der Waals surface area (Å²) >= 11 is 0. The summed E-state index contributed by atoms with van der Waals surface area (Å²) in [5.41, 5.74) is 0.265. The van der Waals surface area contributed by atoms with E-state index in [4.69, 9.17) is 0 Å². The van der Waals surface area contributed by atoms with Crippen LogP contribution in [0.15, 0.2) is 0 Å². The van der Waals surface area contributed by atoms with E-state index in [9.17, 15) is 0 Å². The Morgan fingerprint density at radius 1 is 0.850 bits per heavy atom. The van der Waals surface area contributed by atoms with Gasteiger partial charge in [-0.25, -0.2) is 0 Å². The lowest BCUT2D eigenvalue weighted by molar-refractivity contribution is -0.0353. The zero-order chi connectivity index (χ0) is 14.2. The van der Waals surface area contributed by atoms with E-state index in [0.29, 0.717) is 0 Å². The normalized spacial score (nSPS) is 39.5. The van der Waals surface area contributed by atoms with Crippen LogP contribution in [0.25, 0.3) is 0 Å². The van der Waals surface area contributed by atoms with Gasteiger partial charge < -0.3 is 10.6 Å². The molecule has 4 aliphatic carbocycles. The summed E-state index contributed by atoms with van der Waals surface area (Å²) in [6.07, 6.45) is 9.07. The summed E-state index contributed by atoms with van der Waals surface area (Å²) in [7, 11) is 0. The van der Waals surface area contributed by atoms with Crippen LogP contribution in [0, 0.1) is 29.6 Å². The highest BCUT2D eigenvalue weighted by molar-refractivity contribution is 4.98. The van der Waals surface area contributed by atoms with E-state index >= 15 is 0 Å². The van der Waals surface area contributed by atoms with Gasteiger partial charge in [0.1, 0.15) is 0 Å². The molecule has 0 aromatic carbocycles. The SMILES string of the molecule is CC(C)(C)NCCCNCC1C2CC3CC(C2)CC1C3. The minimum atomic E-state index is 0.265. The van der Waals surface area contributed by atoms with Gasteiger partial charge in [0.15, 0.2) is 0 Å². The summed E-state index contributed by atoms with van der Waals surface area (Å²) in [6.45, 7) is 10.4. The molecule has 2 nitrogen and oxygen atoms in total. The smallest absolute Gasteiger partial charge is 0.00965 e. The van der Waals surface area contributed by atoms with Crippen LogP contribution in [0.4, 0.5) is 0 Å². The largest absolute Gasteiger partial charge is 0.316 e. The van der Waals surface area contributed by atoms with Crippen LogP contribution >= 0.6 is 0 Å². The Morgan fingerprint density at radius 2 is 1.45 bits per heavy atom. The Balaban J connectivity index is 1.33. The van der Waals surface area contributed by atoms with Gasteiger partial charge in [-0.15, -0.1) is 0 Å². The van der Waals surface area contributed by atoms with Crippen molar-refractivity contribution in [1.82, 2.24) is 10.6 Å². The second-order valence-electron chi connectivity index (χ2n) is 8.83. The van der Waals surface area contributed by atoms with Gasteiger partial charge in [0.2, 0.25) is 0 Å². The molecule has 0 aromatic heterocycles. The molecule has 4 bridgehead atoms. The summed E-state index contributed by atoms with van der Waals surface area (Å²) in [6, 6.07) is 0. The van der Waals surface area contributed by atoms with Gasteiger partial charge in [-0.2, -0.15) is 0 Å². The predicted octanol–water partition coefficient (Wildman–Crippen LogP) is 3.43. The molecule has 0 radical (unpaired) electrons. The van der Waals surface area contributed by atoms with Gasteiger partial charge in [-0.1, -0.05) is 0 Å². The predicted molar refractivity (Wildman–Crippen MR) is 85.8 cm³/mol. The van der Waals surface area contributed by atoms with Crippen molar-refractivity contribution < 1.29 is 0 Å². The lowest BCUT2D eigenvalue weighted by Crippen LogP contribution is -2.48. The van der Waals surface area contributed by atoms with Crippen molar-refractivity contribution in [3.63, 3.8) is 0 Å². The third-order valence-corrected chi connectivity index (χ3v) is 5.99. The van der Waals surface area contributed by atoms with E-state index in [1.807, 2.05) is 0 Å². The van der Waals surface area contributed by atoms with Gasteiger partial charge >= 0.3 is 0 Å². The standard InChI is InChI=1S/C18H34N2/c1-18(2,3)20-6-4-5-19-12-17-15-8-13-7-14(10-15)11-16(17)9-13/h13-17,19-20H,4-12H2,1-3H3. The average Bonchev–Trinajstić information content (AvgIpc) is 2.34. The van der Waals surface area contributed by atoms with Gasteiger partial charge in [0.25, 0.3) is 0 Å². The molecule has 4 rings (SSSR count). The molecule has 2 heteroatoms. The maximum absolute atomic E-state index is 3.76. The molecule has 0 aromatic rings. The molecule has 0 aliphatic heterocycles. The van der Waals surface area contributed by atoms with Crippen molar-refractivity contribution in [2.75, 3.05) is 19.6 Å². The lowest BCUT2D eigenvalue weighted by Gasteiger charge is -2.54. The summed E-state index contributed by atoms with van der Waals surface area (Å²) in [5, 5.41) is 7.33. The molecule has 2 N–H and O–H groups in total. The summed E-state index contributed by atoms with van der Waals surface area (Å²) in [5.74, 6) is 5.39. The summed E-state index contributed by atoms with van der Waals surface area (Å²) < 4.78 is 0. The van der Waals surface area contributed by atoms with Crippen LogP contribution in [0.2, 0.25) is 0 Å². The first-order chi connectivity index (χ1) is 9.51. The molecule has 4 fully saturated rings. The third kappa shape index (κ3) is 3.57. The number of hydrogen-bond donors (Lipinski definition) is 2. The monoisotopic (exact) mass is 278 g/mol. The molecule has 4 aliphatic rings. The van der Waals surface area contributed by atoms with Gasteiger partial charge in [0, 0.05) is 5.54 Å². The zero-order valence-corrected chi connectivity index (χ0v) is 13.8. The molecule has 0 atom stereocenters. The highest BCUT2D eigenvalue weighted by Gasteiger charge is 2.47. The minimum Gasteiger partial charge on any atom is -0.316 e. The van der Waals surface area contributed by atoms with Crippen molar-refractivity contribution >= 4 is 0 Å². The topological polar surface area (TPSA) is 24.1 Å². The second-order valence-corrected chi connectivity index (χ2v) is 8.83. The quantitative estimate of drug-likeness (QED) is 0.727. The molecular formula is C18H34N2. The molecular weight excluding hydrogens is 244 g/mol. The van der Waals surface area contributed by atoms with Crippen LogP contribution in [0.3, 0.4) is 0 Å². The molecule has 0 heterocycles. The van der Waals surface area contributed by atoms with Gasteiger partial charge in [-0.05, 0) is 109 Å². The average molecular weight is 278 g/mol. The Bertz CT molecular complexity index is 290.